The van der Waals surface area contributed by atoms with E-state index in [0.717, 1.165) is 22.1 Å². The van der Waals surface area contributed by atoms with Crippen molar-refractivity contribution in [2.75, 3.05) is 6.61 Å². The van der Waals surface area contributed by atoms with Crippen molar-refractivity contribution in [3.8, 4) is 5.75 Å². The molecule has 0 aliphatic heterocycles. The van der Waals surface area contributed by atoms with Gasteiger partial charge in [-0.1, -0.05) is 26.0 Å². The minimum Gasteiger partial charge on any atom is -0.493 e. The number of aromatic nitrogens is 1. The van der Waals surface area contributed by atoms with Crippen molar-refractivity contribution in [2.45, 2.75) is 45.6 Å². The molecule has 2 aromatic rings. The van der Waals surface area contributed by atoms with E-state index in [2.05, 4.69) is 31.0 Å². The van der Waals surface area contributed by atoms with Gasteiger partial charge in [-0.25, -0.2) is 4.98 Å². The van der Waals surface area contributed by atoms with Crippen LogP contribution in [0.15, 0.2) is 30.5 Å². The molecule has 114 valence electrons. The Morgan fingerprint density at radius 2 is 2.10 bits per heavy atom. The van der Waals surface area contributed by atoms with E-state index in [1.807, 2.05) is 32.2 Å². The first-order valence-electron chi connectivity index (χ1n) is 7.33. The van der Waals surface area contributed by atoms with E-state index in [0.29, 0.717) is 12.5 Å². The van der Waals surface area contributed by atoms with Crippen LogP contribution < -0.4 is 10.5 Å². The molecule has 0 bridgehead atoms. The molecule has 0 radical (unpaired) electrons. The van der Waals surface area contributed by atoms with Gasteiger partial charge in [-0.3, -0.25) is 0 Å². The maximum Gasteiger partial charge on any atom is 0.119 e. The molecule has 4 heteroatoms. The standard InChI is InChI=1S/C17H24N2OS/c1-12(2)13-6-5-7-14(10-13)20-9-8-16-19-11-15(21-16)17(3,4)18/h5-7,10-12H,8-9,18H2,1-4H3. The number of thiazole rings is 1. The van der Waals surface area contributed by atoms with Gasteiger partial charge in [0, 0.05) is 23.0 Å². The lowest BCUT2D eigenvalue weighted by Crippen LogP contribution is -2.27. The van der Waals surface area contributed by atoms with Crippen LogP contribution in [-0.4, -0.2) is 11.6 Å². The van der Waals surface area contributed by atoms with Gasteiger partial charge in [-0.05, 0) is 37.5 Å². The van der Waals surface area contributed by atoms with Crippen LogP contribution in [0.25, 0.3) is 0 Å². The largest absolute Gasteiger partial charge is 0.493 e. The quantitative estimate of drug-likeness (QED) is 0.874. The summed E-state index contributed by atoms with van der Waals surface area (Å²) < 4.78 is 5.83. The first-order valence-corrected chi connectivity index (χ1v) is 8.14. The second kappa shape index (κ2) is 6.58. The Bertz CT molecular complexity index is 584. The molecule has 0 unspecified atom stereocenters. The van der Waals surface area contributed by atoms with Crippen LogP contribution in [0.3, 0.4) is 0 Å². The predicted molar refractivity (Wildman–Crippen MR) is 89.1 cm³/mol. The zero-order valence-corrected chi connectivity index (χ0v) is 14.0. The summed E-state index contributed by atoms with van der Waals surface area (Å²) in [5.41, 5.74) is 7.06. The molecule has 0 aliphatic carbocycles. The number of nitrogens with zero attached hydrogens (tertiary/aromatic N) is 1. The van der Waals surface area contributed by atoms with Gasteiger partial charge in [-0.15, -0.1) is 11.3 Å². The first-order chi connectivity index (χ1) is 9.86. The summed E-state index contributed by atoms with van der Waals surface area (Å²) in [5.74, 6) is 1.44. The highest BCUT2D eigenvalue weighted by atomic mass is 32.1. The summed E-state index contributed by atoms with van der Waals surface area (Å²) >= 11 is 1.67. The van der Waals surface area contributed by atoms with Crippen LogP contribution in [0.1, 0.15) is 49.1 Å². The van der Waals surface area contributed by atoms with Gasteiger partial charge in [0.25, 0.3) is 0 Å². The molecule has 0 saturated carbocycles. The van der Waals surface area contributed by atoms with Gasteiger partial charge in [0.1, 0.15) is 5.75 Å². The summed E-state index contributed by atoms with van der Waals surface area (Å²) in [6.45, 7) is 9.01. The molecule has 0 saturated heterocycles. The van der Waals surface area contributed by atoms with Gasteiger partial charge >= 0.3 is 0 Å². The highest BCUT2D eigenvalue weighted by molar-refractivity contribution is 7.11. The molecule has 2 N–H and O–H groups in total. The Morgan fingerprint density at radius 1 is 1.33 bits per heavy atom. The fraction of sp³-hybridized carbons (Fsp3) is 0.471. The SMILES string of the molecule is CC(C)c1cccc(OCCc2ncc(C(C)(C)N)s2)c1. The fourth-order valence-corrected chi connectivity index (χ4v) is 2.86. The minimum atomic E-state index is -0.317. The Morgan fingerprint density at radius 3 is 2.71 bits per heavy atom. The topological polar surface area (TPSA) is 48.1 Å². The molecule has 2 rings (SSSR count). The summed E-state index contributed by atoms with van der Waals surface area (Å²) in [5, 5.41) is 1.07. The van der Waals surface area contributed by atoms with E-state index in [4.69, 9.17) is 10.5 Å². The van der Waals surface area contributed by atoms with E-state index in [9.17, 15) is 0 Å². The van der Waals surface area contributed by atoms with Gasteiger partial charge in [0.2, 0.25) is 0 Å². The van der Waals surface area contributed by atoms with Crippen molar-refractivity contribution in [1.82, 2.24) is 4.98 Å². The van der Waals surface area contributed by atoms with E-state index < -0.39 is 0 Å². The smallest absolute Gasteiger partial charge is 0.119 e. The van der Waals surface area contributed by atoms with Gasteiger partial charge < -0.3 is 10.5 Å². The highest BCUT2D eigenvalue weighted by Gasteiger charge is 2.17. The van der Waals surface area contributed by atoms with Crippen molar-refractivity contribution in [2.24, 2.45) is 5.73 Å². The highest BCUT2D eigenvalue weighted by Crippen LogP contribution is 2.24. The molecule has 0 amide bonds. The van der Waals surface area contributed by atoms with Crippen molar-refractivity contribution < 1.29 is 4.74 Å². The maximum absolute atomic E-state index is 6.07. The lowest BCUT2D eigenvalue weighted by molar-refractivity contribution is 0.321. The predicted octanol–water partition coefficient (Wildman–Crippen LogP) is 4.08. The Balaban J connectivity index is 1.90. The van der Waals surface area contributed by atoms with Crippen molar-refractivity contribution in [3.63, 3.8) is 0 Å². The Kier molecular flexibility index (Phi) is 5.01. The second-order valence-electron chi connectivity index (χ2n) is 6.17. The molecule has 0 fully saturated rings. The van der Waals surface area contributed by atoms with E-state index >= 15 is 0 Å². The molecule has 1 aromatic heterocycles. The van der Waals surface area contributed by atoms with Crippen LogP contribution in [0.2, 0.25) is 0 Å². The Labute approximate surface area is 131 Å². The number of ether oxygens (including phenoxy) is 1. The van der Waals surface area contributed by atoms with E-state index in [-0.39, 0.29) is 5.54 Å². The molecular formula is C17H24N2OS. The van der Waals surface area contributed by atoms with Crippen molar-refractivity contribution in [1.29, 1.82) is 0 Å². The first kappa shape index (κ1) is 16.0. The third kappa shape index (κ3) is 4.55. The van der Waals surface area contributed by atoms with Gasteiger partial charge in [-0.2, -0.15) is 0 Å². The van der Waals surface area contributed by atoms with E-state index in [1.54, 1.807) is 11.3 Å². The summed E-state index contributed by atoms with van der Waals surface area (Å²) in [7, 11) is 0. The third-order valence-electron chi connectivity index (χ3n) is 3.30. The van der Waals surface area contributed by atoms with Crippen LogP contribution in [0.5, 0.6) is 5.75 Å². The van der Waals surface area contributed by atoms with Crippen molar-refractivity contribution in [3.05, 3.63) is 45.9 Å². The van der Waals surface area contributed by atoms with Crippen LogP contribution >= 0.6 is 11.3 Å². The average Bonchev–Trinajstić information content (AvgIpc) is 2.88. The van der Waals surface area contributed by atoms with Gasteiger partial charge in [0.05, 0.1) is 11.6 Å². The summed E-state index contributed by atoms with van der Waals surface area (Å²) in [6.07, 6.45) is 2.69. The Hall–Kier alpha value is -1.39. The van der Waals surface area contributed by atoms with E-state index in [1.165, 1.54) is 5.56 Å². The normalized spacial score (nSPS) is 11.9. The lowest BCUT2D eigenvalue weighted by Gasteiger charge is -2.14. The molecule has 0 spiro atoms. The number of nitrogens with two attached hydrogens (primary N) is 1. The molecule has 21 heavy (non-hydrogen) atoms. The molecule has 1 aromatic carbocycles. The molecule has 1 heterocycles. The van der Waals surface area contributed by atoms with Gasteiger partial charge in [0.15, 0.2) is 0 Å². The third-order valence-corrected chi connectivity index (χ3v) is 4.69. The lowest BCUT2D eigenvalue weighted by atomic mass is 10.0. The van der Waals surface area contributed by atoms with Crippen LogP contribution in [-0.2, 0) is 12.0 Å². The summed E-state index contributed by atoms with van der Waals surface area (Å²) in [4.78, 5) is 5.53. The second-order valence-corrected chi connectivity index (χ2v) is 7.28. The zero-order chi connectivity index (χ0) is 15.5. The number of benzene rings is 1. The van der Waals surface area contributed by atoms with Crippen LogP contribution in [0.4, 0.5) is 0 Å². The monoisotopic (exact) mass is 304 g/mol. The molecule has 3 nitrogen and oxygen atoms in total. The van der Waals surface area contributed by atoms with Crippen LogP contribution in [0, 0.1) is 0 Å². The number of hydrogen-bond acceptors (Lipinski definition) is 4. The zero-order valence-electron chi connectivity index (χ0n) is 13.2. The summed E-state index contributed by atoms with van der Waals surface area (Å²) in [6, 6.07) is 8.29. The minimum absolute atomic E-state index is 0.317. The van der Waals surface area contributed by atoms with Crippen molar-refractivity contribution >= 4 is 11.3 Å². The average molecular weight is 304 g/mol. The molecule has 0 aliphatic rings. The fourth-order valence-electron chi connectivity index (χ4n) is 1.94. The molecular weight excluding hydrogens is 280 g/mol. The number of hydrogen-bond donors (Lipinski definition) is 1. The number of rotatable bonds is 6. The molecule has 0 atom stereocenters. The maximum atomic E-state index is 6.07.